The van der Waals surface area contributed by atoms with E-state index in [1.165, 1.54) is 16.8 Å². The minimum absolute atomic E-state index is 0.154. The van der Waals surface area contributed by atoms with Gasteiger partial charge in [0.15, 0.2) is 0 Å². The second-order valence-corrected chi connectivity index (χ2v) is 5.65. The van der Waals surface area contributed by atoms with Gasteiger partial charge in [-0.2, -0.15) is 0 Å². The Morgan fingerprint density at radius 3 is 2.65 bits per heavy atom. The summed E-state index contributed by atoms with van der Waals surface area (Å²) < 4.78 is 0. The van der Waals surface area contributed by atoms with Gasteiger partial charge in [-0.15, -0.1) is 0 Å². The van der Waals surface area contributed by atoms with Crippen LogP contribution in [0.5, 0.6) is 0 Å². The highest BCUT2D eigenvalue weighted by atomic mass is 15.1. The van der Waals surface area contributed by atoms with Crippen molar-refractivity contribution in [3.8, 4) is 0 Å². The van der Waals surface area contributed by atoms with Crippen LogP contribution in [0, 0.1) is 0 Å². The average molecular weight is 310 g/mol. The van der Waals surface area contributed by atoms with Gasteiger partial charge in [0, 0.05) is 19.3 Å². The molecule has 0 aromatic heterocycles. The summed E-state index contributed by atoms with van der Waals surface area (Å²) in [6.45, 7) is 17.1. The molecule has 23 heavy (non-hydrogen) atoms. The molecule has 0 saturated heterocycles. The van der Waals surface area contributed by atoms with Crippen LogP contribution in [0.25, 0.3) is 0 Å². The lowest BCUT2D eigenvalue weighted by Crippen LogP contribution is -2.37. The molecule has 0 aliphatic carbocycles. The molecular formula is C21H30N2. The molecule has 0 aromatic rings. The van der Waals surface area contributed by atoms with Gasteiger partial charge in [0.2, 0.25) is 0 Å². The molecular weight excluding hydrogens is 280 g/mol. The van der Waals surface area contributed by atoms with Gasteiger partial charge in [0.25, 0.3) is 0 Å². The lowest BCUT2D eigenvalue weighted by atomic mass is 9.92. The van der Waals surface area contributed by atoms with Crippen molar-refractivity contribution < 1.29 is 0 Å². The maximum atomic E-state index is 4.07. The van der Waals surface area contributed by atoms with Crippen LogP contribution in [0.2, 0.25) is 0 Å². The fraction of sp³-hybridized carbons (Fsp3) is 0.333. The van der Waals surface area contributed by atoms with E-state index in [1.807, 2.05) is 18.4 Å². The van der Waals surface area contributed by atoms with E-state index >= 15 is 0 Å². The van der Waals surface area contributed by atoms with Gasteiger partial charge in [-0.1, -0.05) is 56.5 Å². The average Bonchev–Trinajstić information content (AvgIpc) is 2.58. The maximum absolute atomic E-state index is 4.07. The molecule has 1 unspecified atom stereocenters. The first-order valence-electron chi connectivity index (χ1n) is 8.23. The highest BCUT2D eigenvalue weighted by Gasteiger charge is 2.21. The van der Waals surface area contributed by atoms with E-state index in [9.17, 15) is 0 Å². The van der Waals surface area contributed by atoms with Gasteiger partial charge >= 0.3 is 0 Å². The molecule has 0 fully saturated rings. The van der Waals surface area contributed by atoms with Gasteiger partial charge in [0.05, 0.1) is 6.04 Å². The third-order valence-electron chi connectivity index (χ3n) is 4.05. The topological polar surface area (TPSA) is 15.3 Å². The molecule has 2 heteroatoms. The van der Waals surface area contributed by atoms with E-state index in [0.29, 0.717) is 0 Å². The Morgan fingerprint density at radius 2 is 2.09 bits per heavy atom. The smallest absolute Gasteiger partial charge is 0.0877 e. The largest absolute Gasteiger partial charge is 0.379 e. The number of hydrogen-bond donors (Lipinski definition) is 1. The third-order valence-corrected chi connectivity index (χ3v) is 4.05. The zero-order valence-corrected chi connectivity index (χ0v) is 14.8. The molecule has 0 amide bonds. The first-order chi connectivity index (χ1) is 11.1. The predicted octanol–water partition coefficient (Wildman–Crippen LogP) is 4.89. The molecule has 0 spiro atoms. The van der Waals surface area contributed by atoms with Gasteiger partial charge in [-0.25, -0.2) is 0 Å². The molecule has 1 aliphatic heterocycles. The lowest BCUT2D eigenvalue weighted by Gasteiger charge is -2.32. The van der Waals surface area contributed by atoms with E-state index in [-0.39, 0.29) is 6.04 Å². The molecule has 0 saturated carbocycles. The van der Waals surface area contributed by atoms with Crippen molar-refractivity contribution in [2.75, 3.05) is 13.6 Å². The second-order valence-electron chi connectivity index (χ2n) is 5.65. The zero-order valence-electron chi connectivity index (χ0n) is 14.8. The Kier molecular flexibility index (Phi) is 7.96. The first-order valence-corrected chi connectivity index (χ1v) is 8.23. The molecule has 0 aromatic carbocycles. The molecule has 1 aliphatic rings. The minimum atomic E-state index is 0.154. The van der Waals surface area contributed by atoms with Crippen LogP contribution < -0.4 is 5.32 Å². The zero-order chi connectivity index (χ0) is 17.2. The number of nitrogens with zero attached hydrogens (tertiary/aromatic N) is 1. The molecule has 0 bridgehead atoms. The second kappa shape index (κ2) is 9.73. The Bertz CT molecular complexity index is 558. The molecule has 124 valence electrons. The Balaban J connectivity index is 3.08. The summed E-state index contributed by atoms with van der Waals surface area (Å²) >= 11 is 0. The van der Waals surface area contributed by atoms with Crippen LogP contribution in [0.4, 0.5) is 0 Å². The Morgan fingerprint density at radius 1 is 1.35 bits per heavy atom. The van der Waals surface area contributed by atoms with E-state index in [2.05, 4.69) is 75.2 Å². The van der Waals surface area contributed by atoms with E-state index in [0.717, 1.165) is 25.0 Å². The van der Waals surface area contributed by atoms with E-state index in [4.69, 9.17) is 0 Å². The Labute approximate surface area is 142 Å². The maximum Gasteiger partial charge on any atom is 0.0877 e. The summed E-state index contributed by atoms with van der Waals surface area (Å²) in [6, 6.07) is 0.154. The van der Waals surface area contributed by atoms with Crippen LogP contribution in [0.3, 0.4) is 0 Å². The quantitative estimate of drug-likeness (QED) is 0.610. The lowest BCUT2D eigenvalue weighted by molar-refractivity contribution is 0.403. The number of allylic oxidation sites excluding steroid dienone is 8. The summed E-state index contributed by atoms with van der Waals surface area (Å²) in [5.74, 6) is 0. The molecule has 1 atom stereocenters. The fourth-order valence-electron chi connectivity index (χ4n) is 2.49. The molecule has 1 heterocycles. The number of dihydropyridines is 1. The van der Waals surface area contributed by atoms with Gasteiger partial charge in [-0.05, 0) is 49.3 Å². The number of rotatable bonds is 9. The summed E-state index contributed by atoms with van der Waals surface area (Å²) in [6.07, 6.45) is 16.1. The van der Waals surface area contributed by atoms with Gasteiger partial charge < -0.3 is 10.2 Å². The van der Waals surface area contributed by atoms with Gasteiger partial charge in [-0.3, -0.25) is 0 Å². The summed E-state index contributed by atoms with van der Waals surface area (Å²) in [4.78, 5) is 2.24. The van der Waals surface area contributed by atoms with Crippen molar-refractivity contribution in [2.45, 2.75) is 32.7 Å². The number of hydrogen-bond acceptors (Lipinski definition) is 2. The monoisotopic (exact) mass is 310 g/mol. The minimum Gasteiger partial charge on any atom is -0.379 e. The predicted molar refractivity (Wildman–Crippen MR) is 103 cm³/mol. The molecule has 1 N–H and O–H groups in total. The molecule has 0 radical (unpaired) electrons. The van der Waals surface area contributed by atoms with Crippen LogP contribution in [0.1, 0.15) is 26.7 Å². The van der Waals surface area contributed by atoms with Crippen molar-refractivity contribution in [2.24, 2.45) is 0 Å². The standard InChI is InChI=1S/C21H30N2/c1-7-12-20(23(6)10-4)21-19(13-11-14-22-21)16-18(9-3)15-17(5)8-2/h7,9,11-15,21-22H,1,3,5,8,10,16H2,2,4,6H3/b18-15-,20-12-. The summed E-state index contributed by atoms with van der Waals surface area (Å²) in [5, 5.41) is 3.48. The van der Waals surface area contributed by atoms with Crippen LogP contribution in [-0.2, 0) is 0 Å². The van der Waals surface area contributed by atoms with Crippen molar-refractivity contribution in [1.82, 2.24) is 10.2 Å². The van der Waals surface area contributed by atoms with Crippen LogP contribution in [-0.4, -0.2) is 24.5 Å². The normalized spacial score (nSPS) is 18.0. The highest BCUT2D eigenvalue weighted by molar-refractivity contribution is 5.39. The fourth-order valence-corrected chi connectivity index (χ4v) is 2.49. The van der Waals surface area contributed by atoms with E-state index in [1.54, 1.807) is 0 Å². The SMILES string of the molecule is C=C/C=C(/C1NC=CC=C1C/C(C=C)=C\C(=C)CC)N(C)CC. The van der Waals surface area contributed by atoms with Crippen molar-refractivity contribution >= 4 is 0 Å². The van der Waals surface area contributed by atoms with Crippen LogP contribution in [0.15, 0.2) is 84.8 Å². The number of nitrogens with one attached hydrogen (secondary N) is 1. The summed E-state index contributed by atoms with van der Waals surface area (Å²) in [5.41, 5.74) is 4.86. The van der Waals surface area contributed by atoms with Gasteiger partial charge in [0.1, 0.15) is 0 Å². The number of likely N-dealkylation sites (N-methyl/N-ethyl adjacent to an activating group) is 1. The molecule has 1 rings (SSSR count). The Hall–Kier alpha value is -2.22. The van der Waals surface area contributed by atoms with Crippen molar-refractivity contribution in [3.05, 3.63) is 84.8 Å². The third kappa shape index (κ3) is 5.48. The molecule has 2 nitrogen and oxygen atoms in total. The van der Waals surface area contributed by atoms with Crippen molar-refractivity contribution in [3.63, 3.8) is 0 Å². The highest BCUT2D eigenvalue weighted by Crippen LogP contribution is 2.25. The van der Waals surface area contributed by atoms with Crippen LogP contribution >= 0.6 is 0 Å². The first kappa shape index (κ1) is 18.8. The summed E-state index contributed by atoms with van der Waals surface area (Å²) in [7, 11) is 2.11. The van der Waals surface area contributed by atoms with Crippen molar-refractivity contribution in [1.29, 1.82) is 0 Å². The van der Waals surface area contributed by atoms with E-state index < -0.39 is 0 Å².